The molecule has 0 aliphatic carbocycles. The Morgan fingerprint density at radius 1 is 0.889 bits per heavy atom. The standard InChI is InChI=1S/C34H37Cl2NO8/c1-5-41-32(39)30(44-31(38)27-17-11-19-37(27)33(40)45-34(2,3)4)24-14-10-18-28(42-20-22-12-6-8-15-25(22)35)29(24)43-21-23-13-7-9-16-26(23)36/h6-10,12-16,18,27,30H,5,11,17,19-21H2,1-4H3/t27?,30-/m0/s1. The molecule has 0 spiro atoms. The van der Waals surface area contributed by atoms with Gasteiger partial charge < -0.3 is 23.7 Å². The highest BCUT2D eigenvalue weighted by Gasteiger charge is 2.41. The van der Waals surface area contributed by atoms with Gasteiger partial charge in [0.25, 0.3) is 0 Å². The third kappa shape index (κ3) is 9.05. The highest BCUT2D eigenvalue weighted by molar-refractivity contribution is 6.31. The van der Waals surface area contributed by atoms with Gasteiger partial charge in [0.2, 0.25) is 6.10 Å². The summed E-state index contributed by atoms with van der Waals surface area (Å²) in [4.78, 5) is 41.2. The summed E-state index contributed by atoms with van der Waals surface area (Å²) in [5.74, 6) is -1.14. The summed E-state index contributed by atoms with van der Waals surface area (Å²) in [5.41, 5.74) is 0.875. The number of benzene rings is 3. The fraction of sp³-hybridized carbons (Fsp3) is 0.382. The van der Waals surface area contributed by atoms with Crippen molar-refractivity contribution in [2.75, 3.05) is 13.2 Å². The predicted molar refractivity (Wildman–Crippen MR) is 169 cm³/mol. The molecule has 4 rings (SSSR count). The van der Waals surface area contributed by atoms with Gasteiger partial charge in [0.1, 0.15) is 24.9 Å². The Balaban J connectivity index is 1.68. The average molecular weight is 659 g/mol. The molecule has 1 amide bonds. The van der Waals surface area contributed by atoms with Crippen LogP contribution in [0, 0.1) is 0 Å². The molecule has 1 unspecified atom stereocenters. The number of ether oxygens (including phenoxy) is 5. The van der Waals surface area contributed by atoms with Gasteiger partial charge in [-0.15, -0.1) is 0 Å². The molecule has 1 fully saturated rings. The van der Waals surface area contributed by atoms with Crippen LogP contribution in [0.4, 0.5) is 4.79 Å². The molecule has 9 nitrogen and oxygen atoms in total. The molecule has 0 N–H and O–H groups in total. The Labute approximate surface area is 273 Å². The molecule has 1 heterocycles. The lowest BCUT2D eigenvalue weighted by atomic mass is 10.1. The monoisotopic (exact) mass is 657 g/mol. The first-order valence-electron chi connectivity index (χ1n) is 14.7. The number of esters is 2. The highest BCUT2D eigenvalue weighted by atomic mass is 35.5. The van der Waals surface area contributed by atoms with Crippen LogP contribution in [0.1, 0.15) is 63.3 Å². The largest absolute Gasteiger partial charge is 0.485 e. The summed E-state index contributed by atoms with van der Waals surface area (Å²) in [5, 5.41) is 1.02. The van der Waals surface area contributed by atoms with Crippen LogP contribution in [0.3, 0.4) is 0 Å². The second kappa shape index (κ2) is 15.4. The van der Waals surface area contributed by atoms with Crippen LogP contribution >= 0.6 is 23.2 Å². The van der Waals surface area contributed by atoms with E-state index in [-0.39, 0.29) is 36.9 Å². The summed E-state index contributed by atoms with van der Waals surface area (Å²) in [6, 6.07) is 18.4. The predicted octanol–water partition coefficient (Wildman–Crippen LogP) is 7.70. The zero-order valence-electron chi connectivity index (χ0n) is 25.7. The van der Waals surface area contributed by atoms with Gasteiger partial charge in [-0.3, -0.25) is 4.90 Å². The van der Waals surface area contributed by atoms with Crippen molar-refractivity contribution in [2.45, 2.75) is 71.5 Å². The van der Waals surface area contributed by atoms with Crippen molar-refractivity contribution in [1.29, 1.82) is 0 Å². The summed E-state index contributed by atoms with van der Waals surface area (Å²) in [6.07, 6.45) is -1.23. The Morgan fingerprint density at radius 3 is 2.11 bits per heavy atom. The summed E-state index contributed by atoms with van der Waals surface area (Å²) in [7, 11) is 0. The van der Waals surface area contributed by atoms with E-state index in [1.165, 1.54) is 4.90 Å². The third-order valence-electron chi connectivity index (χ3n) is 6.85. The van der Waals surface area contributed by atoms with Gasteiger partial charge in [-0.2, -0.15) is 0 Å². The molecule has 1 aliphatic rings. The molecule has 0 aromatic heterocycles. The second-order valence-corrected chi connectivity index (χ2v) is 12.1. The van der Waals surface area contributed by atoms with Crippen LogP contribution in [0.15, 0.2) is 66.7 Å². The first kappa shape index (κ1) is 33.9. The van der Waals surface area contributed by atoms with E-state index in [0.717, 1.165) is 5.56 Å². The molecule has 2 atom stereocenters. The Morgan fingerprint density at radius 2 is 1.51 bits per heavy atom. The van der Waals surface area contributed by atoms with Gasteiger partial charge in [0.05, 0.1) is 6.61 Å². The molecule has 3 aromatic carbocycles. The molecular formula is C34H37Cl2NO8. The molecule has 0 bridgehead atoms. The van der Waals surface area contributed by atoms with Gasteiger partial charge >= 0.3 is 18.0 Å². The van der Waals surface area contributed by atoms with Crippen molar-refractivity contribution in [3.63, 3.8) is 0 Å². The van der Waals surface area contributed by atoms with Crippen LogP contribution in [0.5, 0.6) is 11.5 Å². The van der Waals surface area contributed by atoms with Crippen LogP contribution in [0.2, 0.25) is 10.0 Å². The number of nitrogens with zero attached hydrogens (tertiary/aromatic N) is 1. The zero-order valence-corrected chi connectivity index (χ0v) is 27.2. The molecule has 0 saturated carbocycles. The van der Waals surface area contributed by atoms with Gasteiger partial charge in [-0.1, -0.05) is 71.7 Å². The number of halogens is 2. The quantitative estimate of drug-likeness (QED) is 0.153. The van der Waals surface area contributed by atoms with Gasteiger partial charge in [-0.25, -0.2) is 14.4 Å². The molecule has 1 aliphatic heterocycles. The SMILES string of the molecule is CCOC(=O)[C@@H](OC(=O)C1CCCN1C(=O)OC(C)(C)C)c1cccc(OCc2ccccc2Cl)c1OCc1ccccc1Cl. The molecule has 11 heteroatoms. The smallest absolute Gasteiger partial charge is 0.411 e. The summed E-state index contributed by atoms with van der Waals surface area (Å²) >= 11 is 12.7. The maximum absolute atomic E-state index is 13.6. The van der Waals surface area contributed by atoms with Gasteiger partial charge in [0, 0.05) is 33.3 Å². The van der Waals surface area contributed by atoms with Crippen molar-refractivity contribution in [3.05, 3.63) is 93.5 Å². The fourth-order valence-electron chi connectivity index (χ4n) is 4.75. The lowest BCUT2D eigenvalue weighted by Crippen LogP contribution is -2.44. The first-order chi connectivity index (χ1) is 21.5. The number of carbonyl (C=O) groups excluding carboxylic acids is 3. The normalized spacial score (nSPS) is 15.2. The molecule has 1 saturated heterocycles. The maximum atomic E-state index is 13.6. The molecule has 3 aromatic rings. The van der Waals surface area contributed by atoms with E-state index in [2.05, 4.69) is 0 Å². The minimum atomic E-state index is -1.52. The zero-order chi connectivity index (χ0) is 32.6. The minimum Gasteiger partial charge on any atom is -0.485 e. The topological polar surface area (TPSA) is 101 Å². The molecule has 0 radical (unpaired) electrons. The number of hydrogen-bond acceptors (Lipinski definition) is 8. The van der Waals surface area contributed by atoms with E-state index in [4.69, 9.17) is 46.9 Å². The first-order valence-corrected chi connectivity index (χ1v) is 15.5. The van der Waals surface area contributed by atoms with Crippen LogP contribution in [0.25, 0.3) is 0 Å². The average Bonchev–Trinajstić information content (AvgIpc) is 3.49. The number of rotatable bonds is 11. The van der Waals surface area contributed by atoms with Crippen molar-refractivity contribution in [1.82, 2.24) is 4.90 Å². The van der Waals surface area contributed by atoms with Crippen molar-refractivity contribution < 1.29 is 38.1 Å². The number of amides is 1. The van der Waals surface area contributed by atoms with E-state index >= 15 is 0 Å². The Hall–Kier alpha value is -3.95. The van der Waals surface area contributed by atoms with Gasteiger partial charge in [0.15, 0.2) is 11.5 Å². The Bertz CT molecular complexity index is 1510. The highest BCUT2D eigenvalue weighted by Crippen LogP contribution is 2.39. The van der Waals surface area contributed by atoms with Crippen molar-refractivity contribution in [3.8, 4) is 11.5 Å². The molecule has 240 valence electrons. The fourth-order valence-corrected chi connectivity index (χ4v) is 5.13. The maximum Gasteiger partial charge on any atom is 0.411 e. The van der Waals surface area contributed by atoms with E-state index in [9.17, 15) is 14.4 Å². The van der Waals surface area contributed by atoms with Crippen molar-refractivity contribution >= 4 is 41.2 Å². The van der Waals surface area contributed by atoms with E-state index < -0.39 is 35.8 Å². The van der Waals surface area contributed by atoms with Crippen molar-refractivity contribution in [2.24, 2.45) is 0 Å². The van der Waals surface area contributed by atoms with Crippen LogP contribution < -0.4 is 9.47 Å². The lowest BCUT2D eigenvalue weighted by Gasteiger charge is -2.28. The summed E-state index contributed by atoms with van der Waals surface area (Å²) in [6.45, 7) is 7.37. The summed E-state index contributed by atoms with van der Waals surface area (Å²) < 4.78 is 29.1. The number of carbonyl (C=O) groups is 3. The number of para-hydroxylation sites is 1. The lowest BCUT2D eigenvalue weighted by molar-refractivity contribution is -0.171. The molecule has 45 heavy (non-hydrogen) atoms. The van der Waals surface area contributed by atoms with E-state index in [0.29, 0.717) is 35.0 Å². The Kier molecular flexibility index (Phi) is 11.6. The number of likely N-dealkylation sites (tertiary alicyclic amines) is 1. The molecular weight excluding hydrogens is 621 g/mol. The third-order valence-corrected chi connectivity index (χ3v) is 7.59. The number of hydrogen-bond donors (Lipinski definition) is 0. The van der Waals surface area contributed by atoms with E-state index in [1.807, 2.05) is 30.3 Å². The minimum absolute atomic E-state index is 0.0255. The van der Waals surface area contributed by atoms with E-state index in [1.54, 1.807) is 64.1 Å². The van der Waals surface area contributed by atoms with Crippen LogP contribution in [-0.2, 0) is 37.0 Å². The second-order valence-electron chi connectivity index (χ2n) is 11.3. The van der Waals surface area contributed by atoms with Gasteiger partial charge in [-0.05, 0) is 58.7 Å². The van der Waals surface area contributed by atoms with Crippen LogP contribution in [-0.4, -0.2) is 47.7 Å².